The van der Waals surface area contributed by atoms with Crippen molar-refractivity contribution < 1.29 is 9.53 Å². The Balaban J connectivity index is 2.00. The molecular weight excluding hydrogens is 288 g/mol. The van der Waals surface area contributed by atoms with Crippen molar-refractivity contribution in [2.75, 3.05) is 7.11 Å². The van der Waals surface area contributed by atoms with Crippen LogP contribution >= 0.6 is 11.6 Å². The molecule has 1 aromatic carbocycles. The molecule has 0 radical (unpaired) electrons. The first-order valence-electron chi connectivity index (χ1n) is 7.48. The summed E-state index contributed by atoms with van der Waals surface area (Å²) in [4.78, 5) is 12.4. The molecule has 1 fully saturated rings. The minimum atomic E-state index is -0.0963. The van der Waals surface area contributed by atoms with Crippen LogP contribution in [-0.4, -0.2) is 19.1 Å². The lowest BCUT2D eigenvalue weighted by Gasteiger charge is -2.21. The zero-order valence-electron chi connectivity index (χ0n) is 12.4. The minimum absolute atomic E-state index is 0.0198. The third-order valence-electron chi connectivity index (χ3n) is 4.14. The maximum atomic E-state index is 12.4. The molecular formula is C16H23ClN2O2. The lowest BCUT2D eigenvalue weighted by molar-refractivity contribution is -0.126. The molecule has 1 saturated carbocycles. The van der Waals surface area contributed by atoms with Gasteiger partial charge in [0.05, 0.1) is 13.0 Å². The molecule has 4 nitrogen and oxygen atoms in total. The molecule has 21 heavy (non-hydrogen) atoms. The zero-order valence-corrected chi connectivity index (χ0v) is 13.2. The number of rotatable bonds is 4. The van der Waals surface area contributed by atoms with E-state index < -0.39 is 0 Å². The molecule has 0 spiro atoms. The van der Waals surface area contributed by atoms with Crippen LogP contribution in [-0.2, 0) is 11.3 Å². The fourth-order valence-electron chi connectivity index (χ4n) is 2.87. The van der Waals surface area contributed by atoms with E-state index >= 15 is 0 Å². The van der Waals surface area contributed by atoms with E-state index in [1.54, 1.807) is 13.2 Å². The normalized spacial score (nSPS) is 22.4. The van der Waals surface area contributed by atoms with Gasteiger partial charge in [-0.3, -0.25) is 4.79 Å². The predicted molar refractivity (Wildman–Crippen MR) is 84.4 cm³/mol. The third-order valence-corrected chi connectivity index (χ3v) is 4.50. The van der Waals surface area contributed by atoms with Crippen molar-refractivity contribution in [1.82, 2.24) is 5.32 Å². The number of halogens is 1. The Hall–Kier alpha value is -1.26. The largest absolute Gasteiger partial charge is 0.496 e. The molecule has 1 aromatic rings. The summed E-state index contributed by atoms with van der Waals surface area (Å²) in [6.07, 6.45) is 5.14. The maximum absolute atomic E-state index is 12.4. The minimum Gasteiger partial charge on any atom is -0.496 e. The van der Waals surface area contributed by atoms with Gasteiger partial charge in [0, 0.05) is 23.2 Å². The molecule has 5 heteroatoms. The second-order valence-electron chi connectivity index (χ2n) is 5.55. The van der Waals surface area contributed by atoms with Gasteiger partial charge in [-0.05, 0) is 25.0 Å². The second-order valence-corrected chi connectivity index (χ2v) is 5.95. The molecule has 1 amide bonds. The van der Waals surface area contributed by atoms with Crippen LogP contribution in [0.5, 0.6) is 5.75 Å². The van der Waals surface area contributed by atoms with Gasteiger partial charge in [-0.25, -0.2) is 0 Å². The molecule has 0 heterocycles. The van der Waals surface area contributed by atoms with Gasteiger partial charge in [0.15, 0.2) is 0 Å². The molecule has 0 saturated heterocycles. The monoisotopic (exact) mass is 310 g/mol. The van der Waals surface area contributed by atoms with Crippen molar-refractivity contribution in [3.63, 3.8) is 0 Å². The predicted octanol–water partition coefficient (Wildman–Crippen LogP) is 2.87. The van der Waals surface area contributed by atoms with Gasteiger partial charge in [0.1, 0.15) is 5.75 Å². The van der Waals surface area contributed by atoms with E-state index in [2.05, 4.69) is 5.32 Å². The van der Waals surface area contributed by atoms with Crippen LogP contribution in [0.2, 0.25) is 5.02 Å². The average Bonchev–Trinajstić information content (AvgIpc) is 2.70. The summed E-state index contributed by atoms with van der Waals surface area (Å²) in [6, 6.07) is 5.42. The van der Waals surface area contributed by atoms with Crippen molar-refractivity contribution in [2.24, 2.45) is 11.7 Å². The first-order chi connectivity index (χ1) is 10.1. The number of hydrogen-bond donors (Lipinski definition) is 2. The van der Waals surface area contributed by atoms with Crippen LogP contribution < -0.4 is 15.8 Å². The van der Waals surface area contributed by atoms with E-state index in [1.807, 2.05) is 12.1 Å². The number of hydrogen-bond acceptors (Lipinski definition) is 3. The summed E-state index contributed by atoms with van der Waals surface area (Å²) in [6.45, 7) is 0.366. The first kappa shape index (κ1) is 16.1. The van der Waals surface area contributed by atoms with Crippen molar-refractivity contribution in [3.8, 4) is 5.75 Å². The van der Waals surface area contributed by atoms with Crippen LogP contribution in [0.25, 0.3) is 0 Å². The van der Waals surface area contributed by atoms with Crippen molar-refractivity contribution in [3.05, 3.63) is 28.8 Å². The molecule has 2 unspecified atom stereocenters. The molecule has 1 aliphatic rings. The van der Waals surface area contributed by atoms with E-state index in [0.29, 0.717) is 17.3 Å². The SMILES string of the molecule is COc1cccc(Cl)c1CNC(=O)C1CCCCCC1N. The lowest BCUT2D eigenvalue weighted by atomic mass is 9.94. The third kappa shape index (κ3) is 4.11. The maximum Gasteiger partial charge on any atom is 0.224 e. The first-order valence-corrected chi connectivity index (χ1v) is 7.86. The number of carbonyl (C=O) groups excluding carboxylic acids is 1. The van der Waals surface area contributed by atoms with E-state index in [1.165, 1.54) is 0 Å². The summed E-state index contributed by atoms with van der Waals surface area (Å²) >= 11 is 6.18. The fourth-order valence-corrected chi connectivity index (χ4v) is 3.10. The molecule has 2 atom stereocenters. The molecule has 0 bridgehead atoms. The van der Waals surface area contributed by atoms with Gasteiger partial charge in [0.2, 0.25) is 5.91 Å². The Labute approximate surface area is 131 Å². The van der Waals surface area contributed by atoms with Gasteiger partial charge >= 0.3 is 0 Å². The van der Waals surface area contributed by atoms with Crippen molar-refractivity contribution in [2.45, 2.75) is 44.7 Å². The Morgan fingerprint density at radius 1 is 1.38 bits per heavy atom. The molecule has 2 rings (SSSR count). The molecule has 116 valence electrons. The second kappa shape index (κ2) is 7.66. The van der Waals surface area contributed by atoms with Crippen molar-refractivity contribution >= 4 is 17.5 Å². The topological polar surface area (TPSA) is 64.3 Å². The summed E-state index contributed by atoms with van der Waals surface area (Å²) in [7, 11) is 1.60. The van der Waals surface area contributed by atoms with Crippen LogP contribution in [0.1, 0.15) is 37.7 Å². The standard InChI is InChI=1S/C16H23ClN2O2/c1-21-15-9-5-7-13(17)12(15)10-19-16(20)11-6-3-2-4-8-14(11)18/h5,7,9,11,14H,2-4,6,8,10,18H2,1H3,(H,19,20). The Kier molecular flexibility index (Phi) is 5.88. The highest BCUT2D eigenvalue weighted by atomic mass is 35.5. The molecule has 0 aromatic heterocycles. The Morgan fingerprint density at radius 2 is 2.14 bits per heavy atom. The number of benzene rings is 1. The average molecular weight is 311 g/mol. The summed E-state index contributed by atoms with van der Waals surface area (Å²) in [5.41, 5.74) is 6.93. The van der Waals surface area contributed by atoms with Crippen LogP contribution in [0.4, 0.5) is 0 Å². The van der Waals surface area contributed by atoms with E-state index in [0.717, 1.165) is 37.7 Å². The molecule has 3 N–H and O–H groups in total. The summed E-state index contributed by atoms with van der Waals surface area (Å²) in [5.74, 6) is 0.611. The van der Waals surface area contributed by atoms with E-state index in [9.17, 15) is 4.79 Å². The number of nitrogens with two attached hydrogens (primary N) is 1. The number of carbonyl (C=O) groups is 1. The van der Waals surface area contributed by atoms with Crippen LogP contribution in [0, 0.1) is 5.92 Å². The van der Waals surface area contributed by atoms with E-state index in [-0.39, 0.29) is 17.9 Å². The Bertz CT molecular complexity index is 493. The van der Waals surface area contributed by atoms with Gasteiger partial charge in [-0.15, -0.1) is 0 Å². The number of ether oxygens (including phenoxy) is 1. The lowest BCUT2D eigenvalue weighted by Crippen LogP contribution is -2.41. The van der Waals surface area contributed by atoms with Gasteiger partial charge in [-0.2, -0.15) is 0 Å². The number of amides is 1. The number of methoxy groups -OCH3 is 1. The highest BCUT2D eigenvalue weighted by molar-refractivity contribution is 6.31. The summed E-state index contributed by atoms with van der Waals surface area (Å²) < 4.78 is 5.28. The Morgan fingerprint density at radius 3 is 2.90 bits per heavy atom. The highest BCUT2D eigenvalue weighted by Crippen LogP contribution is 2.27. The van der Waals surface area contributed by atoms with E-state index in [4.69, 9.17) is 22.1 Å². The van der Waals surface area contributed by atoms with Gasteiger partial charge < -0.3 is 15.8 Å². The summed E-state index contributed by atoms with van der Waals surface area (Å²) in [5, 5.41) is 3.56. The van der Waals surface area contributed by atoms with Crippen LogP contribution in [0.15, 0.2) is 18.2 Å². The van der Waals surface area contributed by atoms with Crippen LogP contribution in [0.3, 0.4) is 0 Å². The fraction of sp³-hybridized carbons (Fsp3) is 0.562. The number of nitrogens with one attached hydrogen (secondary N) is 1. The smallest absolute Gasteiger partial charge is 0.224 e. The van der Waals surface area contributed by atoms with Gasteiger partial charge in [0.25, 0.3) is 0 Å². The van der Waals surface area contributed by atoms with Crippen molar-refractivity contribution in [1.29, 1.82) is 0 Å². The highest BCUT2D eigenvalue weighted by Gasteiger charge is 2.27. The molecule has 0 aliphatic heterocycles. The van der Waals surface area contributed by atoms with Gasteiger partial charge in [-0.1, -0.05) is 36.9 Å². The zero-order chi connectivity index (χ0) is 15.2. The quantitative estimate of drug-likeness (QED) is 0.841. The molecule has 1 aliphatic carbocycles.